The van der Waals surface area contributed by atoms with Gasteiger partial charge >= 0.3 is 0 Å². The van der Waals surface area contributed by atoms with Crippen LogP contribution in [0.15, 0.2) is 12.7 Å². The number of imidazole rings is 1. The van der Waals surface area contributed by atoms with Gasteiger partial charge in [-0.15, -0.1) is 5.10 Å². The van der Waals surface area contributed by atoms with E-state index >= 15 is 0 Å². The van der Waals surface area contributed by atoms with Crippen molar-refractivity contribution in [1.82, 2.24) is 39.7 Å². The molecule has 0 radical (unpaired) electrons. The molecule has 4 atom stereocenters. The Kier molecular flexibility index (Phi) is 4.58. The van der Waals surface area contributed by atoms with Gasteiger partial charge in [-0.05, 0) is 23.3 Å². The Labute approximate surface area is 164 Å². The van der Waals surface area contributed by atoms with Crippen molar-refractivity contribution in [2.45, 2.75) is 56.3 Å². The van der Waals surface area contributed by atoms with E-state index in [-0.39, 0.29) is 12.0 Å². The van der Waals surface area contributed by atoms with Crippen LogP contribution in [0.2, 0.25) is 0 Å². The summed E-state index contributed by atoms with van der Waals surface area (Å²) in [6.45, 7) is -0.416. The monoisotopic (exact) mass is 403 g/mol. The Morgan fingerprint density at radius 2 is 1.97 bits per heavy atom. The van der Waals surface area contributed by atoms with Gasteiger partial charge in [-0.2, -0.15) is 14.6 Å². The van der Waals surface area contributed by atoms with E-state index in [2.05, 4.69) is 35.8 Å². The highest BCUT2D eigenvalue weighted by Crippen LogP contribution is 2.33. The van der Waals surface area contributed by atoms with E-state index < -0.39 is 31.1 Å². The fourth-order valence-electron chi connectivity index (χ4n) is 3.92. The first-order valence-electron chi connectivity index (χ1n) is 9.52. The molecule has 4 heterocycles. The van der Waals surface area contributed by atoms with Gasteiger partial charge in [0.2, 0.25) is 0 Å². The van der Waals surface area contributed by atoms with Gasteiger partial charge in [-0.3, -0.25) is 4.57 Å². The maximum atomic E-state index is 10.4. The van der Waals surface area contributed by atoms with Crippen LogP contribution >= 0.6 is 0 Å². The molecular formula is C16H21N9O4. The fraction of sp³-hybridized carbons (Fsp3) is 0.625. The summed E-state index contributed by atoms with van der Waals surface area (Å²) in [6, 6.07) is 0.286. The number of tetrazole rings is 1. The average molecular weight is 403 g/mol. The minimum Gasteiger partial charge on any atom is -0.394 e. The Bertz CT molecular complexity index is 988. The van der Waals surface area contributed by atoms with Gasteiger partial charge in [0.15, 0.2) is 23.2 Å². The largest absolute Gasteiger partial charge is 0.394 e. The van der Waals surface area contributed by atoms with Crippen molar-refractivity contribution < 1.29 is 20.1 Å². The molecule has 2 aliphatic rings. The van der Waals surface area contributed by atoms with E-state index in [4.69, 9.17) is 4.74 Å². The molecule has 0 spiro atoms. The molecule has 0 bridgehead atoms. The van der Waals surface area contributed by atoms with E-state index in [0.29, 0.717) is 17.0 Å². The standard InChI is InChI=1S/C16H21N9O4/c26-5-9-11(27)12(28)15(29-9)24-6-17-10-13(19-8-3-1-2-4-8)20-16(21-14(10)24)25-7-18-22-23-25/h6-9,11-12,15,26-28H,1-5H2,(H,19,20,21)/t9-,11-,12-,15?/m1/s1. The van der Waals surface area contributed by atoms with Crippen LogP contribution in [-0.4, -0.2) is 86.0 Å². The van der Waals surface area contributed by atoms with Gasteiger partial charge in [0.05, 0.1) is 12.9 Å². The Balaban J connectivity index is 1.60. The number of anilines is 1. The van der Waals surface area contributed by atoms with Gasteiger partial charge < -0.3 is 25.4 Å². The highest BCUT2D eigenvalue weighted by molar-refractivity contribution is 5.84. The van der Waals surface area contributed by atoms with E-state index in [1.165, 1.54) is 21.9 Å². The number of hydrogen-bond donors (Lipinski definition) is 4. The molecule has 1 saturated carbocycles. The topological polar surface area (TPSA) is 169 Å². The molecule has 13 heteroatoms. The fourth-order valence-corrected chi connectivity index (χ4v) is 3.92. The van der Waals surface area contributed by atoms with Crippen molar-refractivity contribution in [3.05, 3.63) is 12.7 Å². The second-order valence-corrected chi connectivity index (χ2v) is 7.31. The summed E-state index contributed by atoms with van der Waals surface area (Å²) < 4.78 is 8.49. The zero-order valence-electron chi connectivity index (χ0n) is 15.4. The first kappa shape index (κ1) is 18.3. The van der Waals surface area contributed by atoms with Crippen LogP contribution in [0, 0.1) is 0 Å². The summed E-state index contributed by atoms with van der Waals surface area (Å²) in [6.07, 6.45) is 2.93. The van der Waals surface area contributed by atoms with Crippen LogP contribution in [0.3, 0.4) is 0 Å². The molecule has 1 aliphatic heterocycles. The summed E-state index contributed by atoms with van der Waals surface area (Å²) in [5.41, 5.74) is 0.896. The maximum absolute atomic E-state index is 10.4. The van der Waals surface area contributed by atoms with Crippen molar-refractivity contribution in [2.24, 2.45) is 0 Å². The molecule has 1 saturated heterocycles. The Morgan fingerprint density at radius 3 is 2.66 bits per heavy atom. The van der Waals surface area contributed by atoms with Crippen molar-refractivity contribution in [2.75, 3.05) is 11.9 Å². The van der Waals surface area contributed by atoms with Gasteiger partial charge in [-0.1, -0.05) is 12.8 Å². The highest BCUT2D eigenvalue weighted by Gasteiger charge is 2.44. The molecule has 1 unspecified atom stereocenters. The Morgan fingerprint density at radius 1 is 1.14 bits per heavy atom. The zero-order valence-corrected chi connectivity index (χ0v) is 15.4. The van der Waals surface area contributed by atoms with Gasteiger partial charge in [0, 0.05) is 6.04 Å². The van der Waals surface area contributed by atoms with Crippen molar-refractivity contribution >= 4 is 17.0 Å². The van der Waals surface area contributed by atoms with Crippen LogP contribution in [-0.2, 0) is 4.74 Å². The van der Waals surface area contributed by atoms with Gasteiger partial charge in [-0.25, -0.2) is 4.98 Å². The highest BCUT2D eigenvalue weighted by atomic mass is 16.6. The summed E-state index contributed by atoms with van der Waals surface area (Å²) >= 11 is 0. The van der Waals surface area contributed by atoms with Crippen LogP contribution in [0.5, 0.6) is 0 Å². The number of ether oxygens (including phenoxy) is 1. The number of aliphatic hydroxyl groups excluding tert-OH is 3. The van der Waals surface area contributed by atoms with Crippen molar-refractivity contribution in [3.8, 4) is 5.95 Å². The van der Waals surface area contributed by atoms with Gasteiger partial charge in [0.25, 0.3) is 5.95 Å². The summed E-state index contributed by atoms with van der Waals surface area (Å²) in [5.74, 6) is 0.773. The summed E-state index contributed by atoms with van der Waals surface area (Å²) in [5, 5.41) is 44.4. The lowest BCUT2D eigenvalue weighted by Gasteiger charge is -2.17. The SMILES string of the molecule is OC[C@H]1OC(n2cnc3c(NC4CCCC4)nc(-n4cnnn4)nc32)[C@H](O)[C@@H]1O. The second kappa shape index (κ2) is 7.26. The minimum atomic E-state index is -1.25. The van der Waals surface area contributed by atoms with E-state index in [0.717, 1.165) is 25.7 Å². The predicted octanol–water partition coefficient (Wildman–Crippen LogP) is -1.23. The van der Waals surface area contributed by atoms with Crippen molar-refractivity contribution in [1.29, 1.82) is 0 Å². The molecule has 1 aliphatic carbocycles. The molecular weight excluding hydrogens is 382 g/mol. The van der Waals surface area contributed by atoms with Crippen LogP contribution < -0.4 is 5.32 Å². The third kappa shape index (κ3) is 3.11. The zero-order chi connectivity index (χ0) is 20.0. The quantitative estimate of drug-likeness (QED) is 0.402. The third-order valence-electron chi connectivity index (χ3n) is 5.45. The minimum absolute atomic E-state index is 0.233. The van der Waals surface area contributed by atoms with Gasteiger partial charge in [0.1, 0.15) is 24.6 Å². The normalized spacial score (nSPS) is 27.8. The Hall–Kier alpha value is -2.74. The molecule has 3 aromatic heterocycles. The lowest BCUT2D eigenvalue weighted by Crippen LogP contribution is -2.33. The summed E-state index contributed by atoms with van der Waals surface area (Å²) in [7, 11) is 0. The van der Waals surface area contributed by atoms with E-state index in [1.807, 2.05) is 0 Å². The molecule has 13 nitrogen and oxygen atoms in total. The lowest BCUT2D eigenvalue weighted by atomic mass is 10.1. The number of aromatic nitrogens is 8. The predicted molar refractivity (Wildman–Crippen MR) is 96.9 cm³/mol. The van der Waals surface area contributed by atoms with Crippen LogP contribution in [0.1, 0.15) is 31.9 Å². The molecule has 3 aromatic rings. The molecule has 2 fully saturated rings. The molecule has 154 valence electrons. The van der Waals surface area contributed by atoms with Crippen LogP contribution in [0.25, 0.3) is 17.1 Å². The molecule has 5 rings (SSSR count). The average Bonchev–Trinajstić information content (AvgIpc) is 3.51. The first-order valence-corrected chi connectivity index (χ1v) is 9.52. The number of rotatable bonds is 5. The lowest BCUT2D eigenvalue weighted by molar-refractivity contribution is -0.0511. The number of nitrogens with one attached hydrogen (secondary N) is 1. The smallest absolute Gasteiger partial charge is 0.257 e. The molecule has 29 heavy (non-hydrogen) atoms. The molecule has 4 N–H and O–H groups in total. The van der Waals surface area contributed by atoms with Crippen LogP contribution in [0.4, 0.5) is 5.82 Å². The maximum Gasteiger partial charge on any atom is 0.257 e. The molecule has 0 amide bonds. The number of hydrogen-bond acceptors (Lipinski definition) is 11. The first-order chi connectivity index (χ1) is 14.2. The van der Waals surface area contributed by atoms with Crippen molar-refractivity contribution in [3.63, 3.8) is 0 Å². The second-order valence-electron chi connectivity index (χ2n) is 7.31. The number of aliphatic hydroxyl groups is 3. The third-order valence-corrected chi connectivity index (χ3v) is 5.45. The summed E-state index contributed by atoms with van der Waals surface area (Å²) in [4.78, 5) is 13.5. The van der Waals surface area contributed by atoms with E-state index in [1.54, 1.807) is 0 Å². The molecule has 0 aromatic carbocycles. The van der Waals surface area contributed by atoms with E-state index in [9.17, 15) is 15.3 Å². The number of nitrogens with zero attached hydrogens (tertiary/aromatic N) is 8. The number of fused-ring (bicyclic) bond motifs is 1.